The summed E-state index contributed by atoms with van der Waals surface area (Å²) < 4.78 is 16.2. The fraction of sp³-hybridized carbons (Fsp3) is 0.294. The zero-order valence-electron chi connectivity index (χ0n) is 12.3. The van der Waals surface area contributed by atoms with E-state index in [0.29, 0.717) is 13.2 Å². The Hall–Kier alpha value is -2.20. The molecule has 1 unspecified atom stereocenters. The quantitative estimate of drug-likeness (QED) is 0.795. The monoisotopic (exact) mass is 288 g/mol. The van der Waals surface area contributed by atoms with Crippen molar-refractivity contribution >= 4 is 0 Å². The van der Waals surface area contributed by atoms with Crippen LogP contribution < -0.4 is 14.2 Å². The summed E-state index contributed by atoms with van der Waals surface area (Å²) in [5.74, 6) is 2.35. The molecule has 0 aliphatic rings. The number of aliphatic hydroxyl groups excluding tert-OH is 1. The van der Waals surface area contributed by atoms with Crippen molar-refractivity contribution in [3.8, 4) is 17.2 Å². The largest absolute Gasteiger partial charge is 0.497 e. The summed E-state index contributed by atoms with van der Waals surface area (Å²) in [5, 5.41) is 9.42. The zero-order chi connectivity index (χ0) is 15.1. The summed E-state index contributed by atoms with van der Waals surface area (Å²) in [6.45, 7) is 2.66. The normalized spacial score (nSPS) is 11.8. The third-order valence-electron chi connectivity index (χ3n) is 3.04. The van der Waals surface area contributed by atoms with Gasteiger partial charge in [0.15, 0.2) is 0 Å². The molecule has 0 amide bonds. The van der Waals surface area contributed by atoms with Crippen LogP contribution in [0.25, 0.3) is 0 Å². The molecule has 2 aromatic rings. The van der Waals surface area contributed by atoms with E-state index in [4.69, 9.17) is 14.2 Å². The van der Waals surface area contributed by atoms with Gasteiger partial charge in [-0.05, 0) is 48.9 Å². The molecule has 0 bridgehead atoms. The molecule has 1 atom stereocenters. The van der Waals surface area contributed by atoms with Crippen molar-refractivity contribution in [2.45, 2.75) is 13.0 Å². The predicted molar refractivity (Wildman–Crippen MR) is 81.1 cm³/mol. The second kappa shape index (κ2) is 7.55. The van der Waals surface area contributed by atoms with Gasteiger partial charge in [-0.2, -0.15) is 0 Å². The highest BCUT2D eigenvalue weighted by atomic mass is 16.5. The summed E-state index contributed by atoms with van der Waals surface area (Å²) in [6, 6.07) is 14.8. The van der Waals surface area contributed by atoms with E-state index in [1.807, 2.05) is 48.5 Å². The molecule has 0 heterocycles. The number of methoxy groups -OCH3 is 1. The van der Waals surface area contributed by atoms with Gasteiger partial charge in [0.2, 0.25) is 0 Å². The van der Waals surface area contributed by atoms with E-state index in [-0.39, 0.29) is 0 Å². The smallest absolute Gasteiger partial charge is 0.122 e. The Morgan fingerprint density at radius 2 is 1.24 bits per heavy atom. The van der Waals surface area contributed by atoms with Gasteiger partial charge < -0.3 is 19.3 Å². The maximum absolute atomic E-state index is 9.42. The molecule has 0 saturated carbocycles. The van der Waals surface area contributed by atoms with Gasteiger partial charge in [0.05, 0.1) is 13.2 Å². The van der Waals surface area contributed by atoms with Crippen molar-refractivity contribution in [1.82, 2.24) is 0 Å². The van der Waals surface area contributed by atoms with E-state index in [9.17, 15) is 5.11 Å². The molecule has 4 heteroatoms. The van der Waals surface area contributed by atoms with Crippen LogP contribution in [0.3, 0.4) is 0 Å². The summed E-state index contributed by atoms with van der Waals surface area (Å²) in [4.78, 5) is 0. The molecule has 0 spiro atoms. The molecule has 0 radical (unpaired) electrons. The van der Waals surface area contributed by atoms with Crippen LogP contribution in [-0.4, -0.2) is 25.4 Å². The van der Waals surface area contributed by atoms with E-state index in [1.165, 1.54) is 0 Å². The summed E-state index contributed by atoms with van der Waals surface area (Å²) in [6.07, 6.45) is -0.461. The molecule has 112 valence electrons. The van der Waals surface area contributed by atoms with Gasteiger partial charge in [-0.25, -0.2) is 0 Å². The first kappa shape index (κ1) is 15.2. The van der Waals surface area contributed by atoms with Crippen LogP contribution in [0.1, 0.15) is 18.6 Å². The van der Waals surface area contributed by atoms with Crippen LogP contribution >= 0.6 is 0 Å². The van der Waals surface area contributed by atoms with Crippen molar-refractivity contribution in [3.05, 3.63) is 54.1 Å². The molecule has 2 rings (SSSR count). The Bertz CT molecular complexity index is 532. The number of rotatable bonds is 7. The minimum atomic E-state index is -0.461. The minimum absolute atomic E-state index is 0.458. The number of hydrogen-bond donors (Lipinski definition) is 1. The van der Waals surface area contributed by atoms with Gasteiger partial charge in [0, 0.05) is 0 Å². The average molecular weight is 288 g/mol. The van der Waals surface area contributed by atoms with Crippen LogP contribution in [-0.2, 0) is 0 Å². The third-order valence-corrected chi connectivity index (χ3v) is 3.04. The maximum atomic E-state index is 9.42. The highest BCUT2D eigenvalue weighted by molar-refractivity contribution is 5.31. The second-order valence-corrected chi connectivity index (χ2v) is 4.62. The highest BCUT2D eigenvalue weighted by Crippen LogP contribution is 2.18. The Morgan fingerprint density at radius 1 is 0.810 bits per heavy atom. The lowest BCUT2D eigenvalue weighted by molar-refractivity contribution is 0.198. The molecule has 1 N–H and O–H groups in total. The standard InChI is InChI=1S/C17H20O4/c1-13(18)14-3-5-16(6-4-14)20-11-12-21-17-9-7-15(19-2)8-10-17/h3-10,13,18H,11-12H2,1-2H3. The first-order chi connectivity index (χ1) is 10.2. The van der Waals surface area contributed by atoms with Crippen molar-refractivity contribution < 1.29 is 19.3 Å². The highest BCUT2D eigenvalue weighted by Gasteiger charge is 2.01. The Balaban J connectivity index is 1.73. The van der Waals surface area contributed by atoms with Crippen molar-refractivity contribution in [1.29, 1.82) is 0 Å². The number of aliphatic hydroxyl groups is 1. The molecule has 0 aromatic heterocycles. The van der Waals surface area contributed by atoms with Gasteiger partial charge in [0.25, 0.3) is 0 Å². The van der Waals surface area contributed by atoms with Gasteiger partial charge in [-0.15, -0.1) is 0 Å². The zero-order valence-corrected chi connectivity index (χ0v) is 12.3. The van der Waals surface area contributed by atoms with E-state index in [0.717, 1.165) is 22.8 Å². The lowest BCUT2D eigenvalue weighted by atomic mass is 10.1. The summed E-state index contributed by atoms with van der Waals surface area (Å²) in [7, 11) is 1.63. The Kier molecular flexibility index (Phi) is 5.46. The fourth-order valence-corrected chi connectivity index (χ4v) is 1.83. The second-order valence-electron chi connectivity index (χ2n) is 4.62. The van der Waals surface area contributed by atoms with E-state index >= 15 is 0 Å². The Labute approximate surface area is 124 Å². The average Bonchev–Trinajstić information content (AvgIpc) is 2.52. The van der Waals surface area contributed by atoms with Crippen LogP contribution in [0.4, 0.5) is 0 Å². The molecule has 0 aliphatic carbocycles. The van der Waals surface area contributed by atoms with E-state index in [2.05, 4.69) is 0 Å². The summed E-state index contributed by atoms with van der Waals surface area (Å²) in [5.41, 5.74) is 0.872. The van der Waals surface area contributed by atoms with Crippen LogP contribution in [0.5, 0.6) is 17.2 Å². The molecule has 2 aromatic carbocycles. The van der Waals surface area contributed by atoms with Crippen molar-refractivity contribution in [2.75, 3.05) is 20.3 Å². The number of benzene rings is 2. The first-order valence-electron chi connectivity index (χ1n) is 6.86. The molecule has 0 fully saturated rings. The van der Waals surface area contributed by atoms with Gasteiger partial charge in [0.1, 0.15) is 30.5 Å². The molecular formula is C17H20O4. The van der Waals surface area contributed by atoms with Gasteiger partial charge in [-0.3, -0.25) is 0 Å². The topological polar surface area (TPSA) is 47.9 Å². The first-order valence-corrected chi connectivity index (χ1v) is 6.86. The van der Waals surface area contributed by atoms with E-state index < -0.39 is 6.10 Å². The minimum Gasteiger partial charge on any atom is -0.497 e. The summed E-state index contributed by atoms with van der Waals surface area (Å²) >= 11 is 0. The van der Waals surface area contributed by atoms with Gasteiger partial charge in [-0.1, -0.05) is 12.1 Å². The number of hydrogen-bond acceptors (Lipinski definition) is 4. The molecule has 21 heavy (non-hydrogen) atoms. The van der Waals surface area contributed by atoms with E-state index in [1.54, 1.807) is 14.0 Å². The molecule has 0 saturated heterocycles. The van der Waals surface area contributed by atoms with Crippen molar-refractivity contribution in [2.24, 2.45) is 0 Å². The van der Waals surface area contributed by atoms with Crippen LogP contribution in [0.15, 0.2) is 48.5 Å². The third kappa shape index (κ3) is 4.68. The van der Waals surface area contributed by atoms with Crippen LogP contribution in [0, 0.1) is 0 Å². The fourth-order valence-electron chi connectivity index (χ4n) is 1.83. The SMILES string of the molecule is COc1ccc(OCCOc2ccc(C(C)O)cc2)cc1. The van der Waals surface area contributed by atoms with Gasteiger partial charge >= 0.3 is 0 Å². The van der Waals surface area contributed by atoms with Crippen molar-refractivity contribution in [3.63, 3.8) is 0 Å². The predicted octanol–water partition coefficient (Wildman–Crippen LogP) is 3.21. The molecular weight excluding hydrogens is 268 g/mol. The lowest BCUT2D eigenvalue weighted by Crippen LogP contribution is -2.09. The molecule has 0 aliphatic heterocycles. The maximum Gasteiger partial charge on any atom is 0.122 e. The molecule has 4 nitrogen and oxygen atoms in total. The Morgan fingerprint density at radius 3 is 1.67 bits per heavy atom. The van der Waals surface area contributed by atoms with Crippen LogP contribution in [0.2, 0.25) is 0 Å². The lowest BCUT2D eigenvalue weighted by Gasteiger charge is -2.10. The number of ether oxygens (including phenoxy) is 3.